The second kappa shape index (κ2) is 5.58. The zero-order chi connectivity index (χ0) is 14.9. The van der Waals surface area contributed by atoms with E-state index < -0.39 is 0 Å². The van der Waals surface area contributed by atoms with Crippen LogP contribution in [0.1, 0.15) is 18.1 Å². The molecule has 1 heterocycles. The Labute approximate surface area is 118 Å². The highest BCUT2D eigenvalue weighted by Crippen LogP contribution is 2.25. The highest BCUT2D eigenvalue weighted by molar-refractivity contribution is 5.81. The molecular formula is C14H19N3O3. The highest BCUT2D eigenvalue weighted by atomic mass is 16.6. The number of hydrogen-bond donors (Lipinski definition) is 0. The number of nitrogens with zero attached hydrogens (tertiary/aromatic N) is 3. The van der Waals surface area contributed by atoms with E-state index in [-0.39, 0.29) is 22.6 Å². The molecule has 108 valence electrons. The number of non-ortho nitro benzene ring substituents is 1. The first-order valence-electron chi connectivity index (χ1n) is 6.61. The maximum atomic E-state index is 12.0. The largest absolute Gasteiger partial charge is 0.347 e. The van der Waals surface area contributed by atoms with Gasteiger partial charge in [0.2, 0.25) is 5.91 Å². The standard InChI is InChI=1S/C14H19N3O3/c1-10(14(18)15(2)3)16-7-6-11-4-5-13(17(19)20)8-12(11)9-16/h4-5,8,10H,6-7,9H2,1-3H3. The van der Waals surface area contributed by atoms with E-state index in [1.54, 1.807) is 31.1 Å². The van der Waals surface area contributed by atoms with Gasteiger partial charge in [-0.15, -0.1) is 0 Å². The molecule has 6 heteroatoms. The Morgan fingerprint density at radius 2 is 2.10 bits per heavy atom. The van der Waals surface area contributed by atoms with E-state index in [2.05, 4.69) is 4.90 Å². The number of carbonyl (C=O) groups excluding carboxylic acids is 1. The van der Waals surface area contributed by atoms with Crippen LogP contribution in [0.3, 0.4) is 0 Å². The normalized spacial score (nSPS) is 16.4. The summed E-state index contributed by atoms with van der Waals surface area (Å²) in [4.78, 5) is 26.1. The molecule has 1 amide bonds. The Kier molecular flexibility index (Phi) is 4.04. The summed E-state index contributed by atoms with van der Waals surface area (Å²) in [7, 11) is 3.48. The summed E-state index contributed by atoms with van der Waals surface area (Å²) in [5.41, 5.74) is 2.19. The molecule has 0 fully saturated rings. The van der Waals surface area contributed by atoms with Crippen LogP contribution in [0, 0.1) is 10.1 Å². The average Bonchev–Trinajstić information content (AvgIpc) is 2.44. The molecule has 0 saturated heterocycles. The summed E-state index contributed by atoms with van der Waals surface area (Å²) in [5.74, 6) is 0.0545. The van der Waals surface area contributed by atoms with Crippen molar-refractivity contribution in [1.29, 1.82) is 0 Å². The van der Waals surface area contributed by atoms with Crippen molar-refractivity contribution in [3.05, 3.63) is 39.4 Å². The second-order valence-electron chi connectivity index (χ2n) is 5.34. The van der Waals surface area contributed by atoms with Crippen molar-refractivity contribution < 1.29 is 9.72 Å². The van der Waals surface area contributed by atoms with Gasteiger partial charge in [0.25, 0.3) is 5.69 Å². The molecule has 20 heavy (non-hydrogen) atoms. The SMILES string of the molecule is CC(C(=O)N(C)C)N1CCc2ccc([N+](=O)[O-])cc2C1. The molecule has 6 nitrogen and oxygen atoms in total. The molecule has 1 aliphatic rings. The van der Waals surface area contributed by atoms with Gasteiger partial charge in [-0.2, -0.15) is 0 Å². The van der Waals surface area contributed by atoms with Gasteiger partial charge in [0.05, 0.1) is 11.0 Å². The highest BCUT2D eigenvalue weighted by Gasteiger charge is 2.27. The summed E-state index contributed by atoms with van der Waals surface area (Å²) in [6.45, 7) is 3.26. The number of fused-ring (bicyclic) bond motifs is 1. The maximum Gasteiger partial charge on any atom is 0.269 e. The number of nitro benzene ring substituents is 1. The Morgan fingerprint density at radius 1 is 1.40 bits per heavy atom. The van der Waals surface area contributed by atoms with E-state index in [0.717, 1.165) is 24.1 Å². The van der Waals surface area contributed by atoms with Crippen molar-refractivity contribution in [3.63, 3.8) is 0 Å². The van der Waals surface area contributed by atoms with Gasteiger partial charge in [-0.1, -0.05) is 6.07 Å². The lowest BCUT2D eigenvalue weighted by molar-refractivity contribution is -0.385. The Morgan fingerprint density at radius 3 is 2.70 bits per heavy atom. The van der Waals surface area contributed by atoms with Crippen molar-refractivity contribution in [2.24, 2.45) is 0 Å². The minimum atomic E-state index is -0.381. The molecule has 1 aromatic rings. The van der Waals surface area contributed by atoms with Crippen molar-refractivity contribution in [2.75, 3.05) is 20.6 Å². The minimum absolute atomic E-state index is 0.0545. The first-order valence-corrected chi connectivity index (χ1v) is 6.61. The van der Waals surface area contributed by atoms with E-state index >= 15 is 0 Å². The average molecular weight is 277 g/mol. The number of rotatable bonds is 3. The van der Waals surface area contributed by atoms with Crippen LogP contribution in [0.4, 0.5) is 5.69 Å². The van der Waals surface area contributed by atoms with Gasteiger partial charge in [-0.05, 0) is 24.5 Å². The molecule has 1 unspecified atom stereocenters. The summed E-state index contributed by atoms with van der Waals surface area (Å²) >= 11 is 0. The van der Waals surface area contributed by atoms with Crippen molar-refractivity contribution in [2.45, 2.75) is 25.9 Å². The van der Waals surface area contributed by atoms with Crippen molar-refractivity contribution in [3.8, 4) is 0 Å². The monoisotopic (exact) mass is 277 g/mol. The molecule has 0 aliphatic carbocycles. The fourth-order valence-corrected chi connectivity index (χ4v) is 2.54. The molecule has 1 aromatic carbocycles. The topological polar surface area (TPSA) is 66.7 Å². The van der Waals surface area contributed by atoms with Gasteiger partial charge < -0.3 is 4.90 Å². The molecule has 0 bridgehead atoms. The summed E-state index contributed by atoms with van der Waals surface area (Å²) < 4.78 is 0. The Balaban J connectivity index is 2.19. The number of benzene rings is 1. The molecule has 0 saturated carbocycles. The van der Waals surface area contributed by atoms with Gasteiger partial charge in [0, 0.05) is 39.3 Å². The fourth-order valence-electron chi connectivity index (χ4n) is 2.54. The quantitative estimate of drug-likeness (QED) is 0.619. The predicted octanol–water partition coefficient (Wildman–Crippen LogP) is 1.43. The minimum Gasteiger partial charge on any atom is -0.347 e. The van der Waals surface area contributed by atoms with Gasteiger partial charge in [-0.25, -0.2) is 0 Å². The molecule has 0 radical (unpaired) electrons. The van der Waals surface area contributed by atoms with Crippen LogP contribution in [-0.4, -0.2) is 47.3 Å². The van der Waals surface area contributed by atoms with Gasteiger partial charge >= 0.3 is 0 Å². The number of amides is 1. The molecule has 0 N–H and O–H groups in total. The van der Waals surface area contributed by atoms with Crippen LogP contribution in [0.25, 0.3) is 0 Å². The molecule has 1 atom stereocenters. The van der Waals surface area contributed by atoms with Crippen LogP contribution in [0.15, 0.2) is 18.2 Å². The van der Waals surface area contributed by atoms with Gasteiger partial charge in [0.15, 0.2) is 0 Å². The second-order valence-corrected chi connectivity index (χ2v) is 5.34. The fraction of sp³-hybridized carbons (Fsp3) is 0.500. The smallest absolute Gasteiger partial charge is 0.269 e. The number of carbonyl (C=O) groups is 1. The van der Waals surface area contributed by atoms with Crippen LogP contribution >= 0.6 is 0 Å². The summed E-state index contributed by atoms with van der Waals surface area (Å²) in [6, 6.07) is 4.78. The summed E-state index contributed by atoms with van der Waals surface area (Å²) in [5, 5.41) is 10.8. The Hall–Kier alpha value is -1.95. The molecule has 0 spiro atoms. The first kappa shape index (κ1) is 14.5. The van der Waals surface area contributed by atoms with Crippen LogP contribution in [0.2, 0.25) is 0 Å². The molecule has 2 rings (SSSR count). The van der Waals surface area contributed by atoms with E-state index in [9.17, 15) is 14.9 Å². The molecule has 1 aliphatic heterocycles. The zero-order valence-electron chi connectivity index (χ0n) is 12.0. The van der Waals surface area contributed by atoms with Gasteiger partial charge in [0.1, 0.15) is 0 Å². The van der Waals surface area contributed by atoms with Gasteiger partial charge in [-0.3, -0.25) is 19.8 Å². The van der Waals surface area contributed by atoms with E-state index in [1.165, 1.54) is 0 Å². The predicted molar refractivity (Wildman–Crippen MR) is 75.4 cm³/mol. The zero-order valence-corrected chi connectivity index (χ0v) is 12.0. The number of likely N-dealkylation sites (N-methyl/N-ethyl adjacent to an activating group) is 1. The maximum absolute atomic E-state index is 12.0. The third kappa shape index (κ3) is 2.80. The third-order valence-electron chi connectivity index (χ3n) is 3.79. The molecular weight excluding hydrogens is 258 g/mol. The number of nitro groups is 1. The van der Waals surface area contributed by atoms with Crippen LogP contribution < -0.4 is 0 Å². The lowest BCUT2D eigenvalue weighted by atomic mass is 9.98. The van der Waals surface area contributed by atoms with Crippen LogP contribution in [-0.2, 0) is 17.8 Å². The number of hydrogen-bond acceptors (Lipinski definition) is 4. The van der Waals surface area contributed by atoms with E-state index in [4.69, 9.17) is 0 Å². The van der Waals surface area contributed by atoms with E-state index in [0.29, 0.717) is 6.54 Å². The lowest BCUT2D eigenvalue weighted by Gasteiger charge is -2.33. The van der Waals surface area contributed by atoms with E-state index in [1.807, 2.05) is 13.0 Å². The van der Waals surface area contributed by atoms with Crippen molar-refractivity contribution in [1.82, 2.24) is 9.80 Å². The summed E-state index contributed by atoms with van der Waals surface area (Å²) in [6.07, 6.45) is 0.818. The third-order valence-corrected chi connectivity index (χ3v) is 3.79. The van der Waals surface area contributed by atoms with Crippen molar-refractivity contribution >= 4 is 11.6 Å². The van der Waals surface area contributed by atoms with Crippen LogP contribution in [0.5, 0.6) is 0 Å². The first-order chi connectivity index (χ1) is 9.40. The molecule has 0 aromatic heterocycles. The lowest BCUT2D eigenvalue weighted by Crippen LogP contribution is -2.46. The Bertz CT molecular complexity index is 542.